The molecule has 114 valence electrons. The number of nitrogens with zero attached hydrogens (tertiary/aromatic N) is 1. The fourth-order valence-electron chi connectivity index (χ4n) is 3.46. The zero-order valence-corrected chi connectivity index (χ0v) is 13.8. The molecule has 1 aliphatic carbocycles. The average molecular weight is 286 g/mol. The fraction of sp³-hybridized carbons (Fsp3) is 0.556. The molecule has 1 aliphatic rings. The minimum atomic E-state index is -0.115. The molecule has 0 heterocycles. The summed E-state index contributed by atoms with van der Waals surface area (Å²) in [4.78, 5) is 12.2. The first-order valence-electron chi connectivity index (χ1n) is 7.70. The van der Waals surface area contributed by atoms with E-state index in [9.17, 15) is 4.79 Å². The van der Waals surface area contributed by atoms with Crippen LogP contribution < -0.4 is 5.43 Å². The fourth-order valence-corrected chi connectivity index (χ4v) is 3.46. The number of nitrogens with one attached hydrogen (secondary N) is 1. The Kier molecular flexibility index (Phi) is 4.50. The van der Waals surface area contributed by atoms with Gasteiger partial charge in [-0.2, -0.15) is 5.10 Å². The summed E-state index contributed by atoms with van der Waals surface area (Å²) in [6, 6.07) is 5.85. The normalized spacial score (nSPS) is 23.1. The van der Waals surface area contributed by atoms with E-state index in [4.69, 9.17) is 0 Å². The summed E-state index contributed by atoms with van der Waals surface area (Å²) in [5.41, 5.74) is 6.98. The quantitative estimate of drug-likeness (QED) is 0.812. The molecule has 0 bridgehead atoms. The Bertz CT molecular complexity index is 573. The van der Waals surface area contributed by atoms with Crippen LogP contribution in [0.5, 0.6) is 0 Å². The third-order valence-corrected chi connectivity index (χ3v) is 4.11. The van der Waals surface area contributed by atoms with E-state index in [1.165, 1.54) is 12.0 Å². The van der Waals surface area contributed by atoms with Crippen molar-refractivity contribution in [1.29, 1.82) is 0 Å². The van der Waals surface area contributed by atoms with Gasteiger partial charge in [-0.1, -0.05) is 38.5 Å². The van der Waals surface area contributed by atoms with Gasteiger partial charge >= 0.3 is 0 Å². The van der Waals surface area contributed by atoms with Crippen LogP contribution in [-0.4, -0.2) is 11.6 Å². The van der Waals surface area contributed by atoms with E-state index in [1.807, 2.05) is 32.0 Å². The molecule has 1 atom stereocenters. The molecule has 1 aromatic rings. The van der Waals surface area contributed by atoms with Crippen LogP contribution >= 0.6 is 0 Å². The predicted octanol–water partition coefficient (Wildman–Crippen LogP) is 4.24. The van der Waals surface area contributed by atoms with E-state index < -0.39 is 0 Å². The Morgan fingerprint density at radius 1 is 1.33 bits per heavy atom. The van der Waals surface area contributed by atoms with E-state index in [0.29, 0.717) is 11.5 Å². The molecule has 1 fully saturated rings. The highest BCUT2D eigenvalue weighted by molar-refractivity contribution is 5.97. The minimum Gasteiger partial charge on any atom is -0.267 e. The SMILES string of the molecule is Cc1ccc(C(=O)NN=C2CC(C)CC(C)(C)C2)c(C)c1. The van der Waals surface area contributed by atoms with Gasteiger partial charge in [0.15, 0.2) is 0 Å². The van der Waals surface area contributed by atoms with Crippen molar-refractivity contribution >= 4 is 11.6 Å². The molecule has 21 heavy (non-hydrogen) atoms. The Morgan fingerprint density at radius 2 is 2.05 bits per heavy atom. The summed E-state index contributed by atoms with van der Waals surface area (Å²) >= 11 is 0. The molecule has 1 N–H and O–H groups in total. The van der Waals surface area contributed by atoms with Crippen LogP contribution in [-0.2, 0) is 0 Å². The average Bonchev–Trinajstić information content (AvgIpc) is 2.33. The maximum Gasteiger partial charge on any atom is 0.271 e. The van der Waals surface area contributed by atoms with Gasteiger partial charge in [0.2, 0.25) is 0 Å². The van der Waals surface area contributed by atoms with Crippen molar-refractivity contribution in [3.8, 4) is 0 Å². The number of hydrogen-bond acceptors (Lipinski definition) is 2. The lowest BCUT2D eigenvalue weighted by molar-refractivity contribution is 0.0953. The van der Waals surface area contributed by atoms with Crippen molar-refractivity contribution in [2.24, 2.45) is 16.4 Å². The molecule has 3 heteroatoms. The van der Waals surface area contributed by atoms with E-state index in [1.54, 1.807) is 0 Å². The molecule has 3 nitrogen and oxygen atoms in total. The molecule has 1 unspecified atom stereocenters. The molecular weight excluding hydrogens is 260 g/mol. The number of rotatable bonds is 2. The zero-order chi connectivity index (χ0) is 15.6. The minimum absolute atomic E-state index is 0.115. The van der Waals surface area contributed by atoms with E-state index in [2.05, 4.69) is 31.3 Å². The second-order valence-corrected chi connectivity index (χ2v) is 7.29. The smallest absolute Gasteiger partial charge is 0.267 e. The first kappa shape index (κ1) is 15.7. The summed E-state index contributed by atoms with van der Waals surface area (Å²) in [5.74, 6) is 0.515. The van der Waals surface area contributed by atoms with Crippen LogP contribution in [0.25, 0.3) is 0 Å². The van der Waals surface area contributed by atoms with Crippen molar-refractivity contribution < 1.29 is 4.79 Å². The summed E-state index contributed by atoms with van der Waals surface area (Å²) in [6.07, 6.45) is 3.16. The topological polar surface area (TPSA) is 41.5 Å². The highest BCUT2D eigenvalue weighted by Gasteiger charge is 2.29. The van der Waals surface area contributed by atoms with Crippen LogP contribution in [0.15, 0.2) is 23.3 Å². The number of aryl methyl sites for hydroxylation is 2. The zero-order valence-electron chi connectivity index (χ0n) is 13.8. The van der Waals surface area contributed by atoms with E-state index >= 15 is 0 Å². The standard InChI is InChI=1S/C18H26N2O/c1-12-6-7-16(14(3)8-12)17(21)20-19-15-9-13(2)10-18(4,5)11-15/h6-8,13H,9-11H2,1-5H3,(H,20,21). The first-order valence-corrected chi connectivity index (χ1v) is 7.70. The van der Waals surface area contributed by atoms with Crippen molar-refractivity contribution in [3.05, 3.63) is 34.9 Å². The van der Waals surface area contributed by atoms with Crippen molar-refractivity contribution in [3.63, 3.8) is 0 Å². The second-order valence-electron chi connectivity index (χ2n) is 7.29. The maximum atomic E-state index is 12.2. The molecule has 1 aromatic carbocycles. The van der Waals surface area contributed by atoms with Crippen molar-refractivity contribution in [1.82, 2.24) is 5.43 Å². The van der Waals surface area contributed by atoms with Crippen LogP contribution in [0.1, 0.15) is 61.5 Å². The van der Waals surface area contributed by atoms with E-state index in [-0.39, 0.29) is 11.3 Å². The predicted molar refractivity (Wildman–Crippen MR) is 87.6 cm³/mol. The number of hydrazone groups is 1. The highest BCUT2D eigenvalue weighted by Crippen LogP contribution is 2.36. The molecule has 0 aliphatic heterocycles. The van der Waals surface area contributed by atoms with Gasteiger partial charge in [0.25, 0.3) is 5.91 Å². The Balaban J connectivity index is 2.08. The van der Waals surface area contributed by atoms with Gasteiger partial charge in [0.05, 0.1) is 0 Å². The summed E-state index contributed by atoms with van der Waals surface area (Å²) in [7, 11) is 0. The Hall–Kier alpha value is -1.64. The molecule has 1 amide bonds. The van der Waals surface area contributed by atoms with E-state index in [0.717, 1.165) is 24.1 Å². The lowest BCUT2D eigenvalue weighted by atomic mass is 9.72. The van der Waals surface area contributed by atoms with Crippen LogP contribution in [0.3, 0.4) is 0 Å². The molecule has 0 aromatic heterocycles. The molecule has 2 rings (SSSR count). The summed E-state index contributed by atoms with van der Waals surface area (Å²) in [6.45, 7) is 10.8. The molecule has 0 spiro atoms. The second kappa shape index (κ2) is 6.00. The monoisotopic (exact) mass is 286 g/mol. The molecular formula is C18H26N2O. The van der Waals surface area contributed by atoms with Gasteiger partial charge in [-0.15, -0.1) is 0 Å². The Labute approximate surface area is 127 Å². The third kappa shape index (κ3) is 4.16. The number of carbonyl (C=O) groups is 1. The van der Waals surface area contributed by atoms with Gasteiger partial charge < -0.3 is 0 Å². The molecule has 0 radical (unpaired) electrons. The van der Waals surface area contributed by atoms with Crippen molar-refractivity contribution in [2.75, 3.05) is 0 Å². The van der Waals surface area contributed by atoms with Crippen molar-refractivity contribution in [2.45, 2.75) is 53.9 Å². The summed E-state index contributed by atoms with van der Waals surface area (Å²) < 4.78 is 0. The summed E-state index contributed by atoms with van der Waals surface area (Å²) in [5, 5.41) is 4.39. The Morgan fingerprint density at radius 3 is 2.67 bits per heavy atom. The number of benzene rings is 1. The highest BCUT2D eigenvalue weighted by atomic mass is 16.2. The van der Waals surface area contributed by atoms with Crippen LogP contribution in [0.2, 0.25) is 0 Å². The molecule has 1 saturated carbocycles. The van der Waals surface area contributed by atoms with Crippen LogP contribution in [0, 0.1) is 25.2 Å². The number of amides is 1. The van der Waals surface area contributed by atoms with Gasteiger partial charge in [-0.25, -0.2) is 5.43 Å². The lowest BCUT2D eigenvalue weighted by Crippen LogP contribution is -2.30. The maximum absolute atomic E-state index is 12.2. The number of carbonyl (C=O) groups excluding carboxylic acids is 1. The number of hydrogen-bond donors (Lipinski definition) is 1. The first-order chi connectivity index (χ1) is 9.77. The third-order valence-electron chi connectivity index (χ3n) is 4.11. The van der Waals surface area contributed by atoms with Gasteiger partial charge in [-0.3, -0.25) is 4.79 Å². The van der Waals surface area contributed by atoms with Gasteiger partial charge in [0.1, 0.15) is 0 Å². The lowest BCUT2D eigenvalue weighted by Gasteiger charge is -2.34. The van der Waals surface area contributed by atoms with Gasteiger partial charge in [-0.05, 0) is 56.1 Å². The van der Waals surface area contributed by atoms with Crippen LogP contribution in [0.4, 0.5) is 0 Å². The molecule has 0 saturated heterocycles. The van der Waals surface area contributed by atoms with Gasteiger partial charge in [0, 0.05) is 11.3 Å². The largest absolute Gasteiger partial charge is 0.271 e.